The van der Waals surface area contributed by atoms with Crippen molar-refractivity contribution in [2.75, 3.05) is 26.8 Å². The van der Waals surface area contributed by atoms with E-state index in [1.165, 1.54) is 4.90 Å². The molecule has 11 nitrogen and oxygen atoms in total. The zero-order chi connectivity index (χ0) is 34.3. The summed E-state index contributed by atoms with van der Waals surface area (Å²) >= 11 is 0. The molecule has 49 heavy (non-hydrogen) atoms. The van der Waals surface area contributed by atoms with Gasteiger partial charge in [0.25, 0.3) is 5.91 Å². The topological polar surface area (TPSA) is 127 Å². The fourth-order valence-electron chi connectivity index (χ4n) is 6.91. The van der Waals surface area contributed by atoms with Crippen LogP contribution in [-0.4, -0.2) is 77.8 Å². The minimum Gasteiger partial charge on any atom is -0.445 e. The molecule has 6 rings (SSSR count). The van der Waals surface area contributed by atoms with Crippen molar-refractivity contribution in [1.82, 2.24) is 15.1 Å². The molecule has 3 aliphatic rings. The van der Waals surface area contributed by atoms with Gasteiger partial charge in [-0.3, -0.25) is 19.4 Å². The zero-order valence-electron chi connectivity index (χ0n) is 28.0. The zero-order valence-corrected chi connectivity index (χ0v) is 28.0. The molecule has 0 saturated carbocycles. The van der Waals surface area contributed by atoms with Gasteiger partial charge in [0, 0.05) is 31.2 Å². The third-order valence-electron chi connectivity index (χ3n) is 9.74. The minimum absolute atomic E-state index is 0.0228. The number of nitrogens with zero attached hydrogens (tertiary/aromatic N) is 2. The van der Waals surface area contributed by atoms with E-state index >= 15 is 0 Å². The van der Waals surface area contributed by atoms with Crippen molar-refractivity contribution >= 4 is 17.9 Å². The first kappa shape index (κ1) is 34.7. The van der Waals surface area contributed by atoms with Gasteiger partial charge in [-0.1, -0.05) is 85.8 Å². The standard InChI is InChI=1S/C38H45N3O8/c1-25-33(21-40-18-6-9-31(40)24-46-2)48-37(49-35(25)29-14-12-27(22-42)13-15-29)30-16-10-26(11-17-30)20-41-34(43)19-32(36(41)44)39-38(45)47-23-28-7-4-3-5-8-28/h3-5,7-8,10-17,25,31-33,35,37,42H,6,9,18-24H2,1-2H3,(H,39,45)/t25-,31-,32?,33+,35+,37+/m0/s1. The minimum atomic E-state index is -0.972. The molecule has 0 spiro atoms. The van der Waals surface area contributed by atoms with Gasteiger partial charge >= 0.3 is 6.09 Å². The molecule has 2 N–H and O–H groups in total. The molecular weight excluding hydrogens is 626 g/mol. The molecule has 0 radical (unpaired) electrons. The molecule has 3 amide bonds. The molecule has 11 heteroatoms. The molecule has 260 valence electrons. The first-order valence-electron chi connectivity index (χ1n) is 17.0. The number of alkyl carbamates (subject to hydrolysis) is 1. The number of aliphatic hydroxyl groups is 1. The molecular formula is C38H45N3O8. The fraction of sp³-hybridized carbons (Fsp3) is 0.447. The Morgan fingerprint density at radius 1 is 0.939 bits per heavy atom. The summed E-state index contributed by atoms with van der Waals surface area (Å²) in [6.45, 7) is 4.72. The van der Waals surface area contributed by atoms with E-state index in [-0.39, 0.29) is 50.2 Å². The molecule has 6 atom stereocenters. The summed E-state index contributed by atoms with van der Waals surface area (Å²) in [6, 6.07) is 24.0. The van der Waals surface area contributed by atoms with E-state index in [4.69, 9.17) is 18.9 Å². The number of likely N-dealkylation sites (tertiary alicyclic amines) is 2. The lowest BCUT2D eigenvalue weighted by molar-refractivity contribution is -0.276. The van der Waals surface area contributed by atoms with E-state index in [1.807, 2.05) is 78.9 Å². The van der Waals surface area contributed by atoms with Gasteiger partial charge in [-0.25, -0.2) is 4.79 Å². The Hall–Kier alpha value is -4.13. The van der Waals surface area contributed by atoms with Crippen molar-refractivity contribution in [3.05, 3.63) is 107 Å². The van der Waals surface area contributed by atoms with Crippen LogP contribution in [0, 0.1) is 5.92 Å². The van der Waals surface area contributed by atoms with E-state index in [0.29, 0.717) is 12.6 Å². The van der Waals surface area contributed by atoms with Crippen LogP contribution in [0.4, 0.5) is 4.79 Å². The van der Waals surface area contributed by atoms with Crippen molar-refractivity contribution in [2.24, 2.45) is 5.92 Å². The quantitative estimate of drug-likeness (QED) is 0.265. The van der Waals surface area contributed by atoms with E-state index < -0.39 is 24.3 Å². The maximum atomic E-state index is 13.1. The van der Waals surface area contributed by atoms with Crippen LogP contribution in [0.2, 0.25) is 0 Å². The highest BCUT2D eigenvalue weighted by Gasteiger charge is 2.42. The van der Waals surface area contributed by atoms with E-state index in [1.54, 1.807) is 7.11 Å². The second kappa shape index (κ2) is 16.1. The van der Waals surface area contributed by atoms with Crippen molar-refractivity contribution in [3.8, 4) is 0 Å². The Morgan fingerprint density at radius 2 is 1.65 bits per heavy atom. The number of nitrogens with one attached hydrogen (secondary N) is 1. The fourth-order valence-corrected chi connectivity index (χ4v) is 6.91. The maximum absolute atomic E-state index is 13.1. The van der Waals surface area contributed by atoms with Crippen molar-refractivity contribution in [3.63, 3.8) is 0 Å². The number of ether oxygens (including phenoxy) is 4. The third-order valence-corrected chi connectivity index (χ3v) is 9.74. The number of benzene rings is 3. The highest BCUT2D eigenvalue weighted by molar-refractivity contribution is 6.06. The smallest absolute Gasteiger partial charge is 0.408 e. The molecule has 3 aliphatic heterocycles. The van der Waals surface area contributed by atoms with Crippen LogP contribution < -0.4 is 5.32 Å². The van der Waals surface area contributed by atoms with Gasteiger partial charge in [0.05, 0.1) is 38.4 Å². The molecule has 3 aromatic carbocycles. The summed E-state index contributed by atoms with van der Waals surface area (Å²) in [5, 5.41) is 12.1. The lowest BCUT2D eigenvalue weighted by Gasteiger charge is -2.43. The largest absolute Gasteiger partial charge is 0.445 e. The number of hydrogen-bond donors (Lipinski definition) is 2. The average Bonchev–Trinajstić information content (AvgIpc) is 3.67. The first-order valence-corrected chi connectivity index (χ1v) is 17.0. The maximum Gasteiger partial charge on any atom is 0.408 e. The molecule has 0 aromatic heterocycles. The summed E-state index contributed by atoms with van der Waals surface area (Å²) in [7, 11) is 1.74. The number of carbonyl (C=O) groups is 3. The monoisotopic (exact) mass is 671 g/mol. The van der Waals surface area contributed by atoms with Gasteiger partial charge in [-0.05, 0) is 41.6 Å². The molecule has 3 saturated heterocycles. The number of amides is 3. The second-order valence-electron chi connectivity index (χ2n) is 13.1. The van der Waals surface area contributed by atoms with Crippen LogP contribution in [0.1, 0.15) is 66.4 Å². The average molecular weight is 672 g/mol. The molecule has 3 aromatic rings. The van der Waals surface area contributed by atoms with E-state index in [0.717, 1.165) is 53.7 Å². The van der Waals surface area contributed by atoms with Crippen LogP contribution in [0.5, 0.6) is 0 Å². The van der Waals surface area contributed by atoms with Crippen molar-refractivity contribution in [1.29, 1.82) is 0 Å². The number of rotatable bonds is 12. The van der Waals surface area contributed by atoms with Gasteiger partial charge in [0.1, 0.15) is 12.6 Å². The highest BCUT2D eigenvalue weighted by atomic mass is 16.7. The summed E-state index contributed by atoms with van der Waals surface area (Å²) in [5.74, 6) is -0.768. The molecule has 0 bridgehead atoms. The molecule has 0 aliphatic carbocycles. The van der Waals surface area contributed by atoms with Gasteiger partial charge in [-0.15, -0.1) is 0 Å². The highest BCUT2D eigenvalue weighted by Crippen LogP contribution is 2.42. The number of carbonyl (C=O) groups excluding carboxylic acids is 3. The van der Waals surface area contributed by atoms with Crippen LogP contribution in [0.3, 0.4) is 0 Å². The van der Waals surface area contributed by atoms with E-state index in [2.05, 4.69) is 17.1 Å². The summed E-state index contributed by atoms with van der Waals surface area (Å²) in [5.41, 5.74) is 4.26. The summed E-state index contributed by atoms with van der Waals surface area (Å²) in [4.78, 5) is 41.9. The second-order valence-corrected chi connectivity index (χ2v) is 13.1. The SMILES string of the molecule is COC[C@@H]1CCCN1C[C@H]1O[C@@H](c2ccc(CN3C(=O)CC(NC(=O)OCc4ccccc4)C3=O)cc2)O[C@@H](c2ccc(CO)cc2)[C@H]1C. The van der Waals surface area contributed by atoms with Gasteiger partial charge < -0.3 is 29.4 Å². The number of hydrogen-bond acceptors (Lipinski definition) is 9. The van der Waals surface area contributed by atoms with Crippen molar-refractivity contribution < 1.29 is 38.4 Å². The summed E-state index contributed by atoms with van der Waals surface area (Å²) < 4.78 is 24.0. The third kappa shape index (κ3) is 8.37. The van der Waals surface area contributed by atoms with Gasteiger partial charge in [-0.2, -0.15) is 0 Å². The van der Waals surface area contributed by atoms with Gasteiger partial charge in [0.2, 0.25) is 5.91 Å². The molecule has 1 unspecified atom stereocenters. The van der Waals surface area contributed by atoms with E-state index in [9.17, 15) is 19.5 Å². The number of imide groups is 1. The predicted octanol–water partition coefficient (Wildman–Crippen LogP) is 4.64. The van der Waals surface area contributed by atoms with Crippen molar-refractivity contribution in [2.45, 2.75) is 76.5 Å². The first-order chi connectivity index (χ1) is 23.8. The predicted molar refractivity (Wildman–Crippen MR) is 180 cm³/mol. The Balaban J connectivity index is 1.11. The number of aliphatic hydroxyl groups excluding tert-OH is 1. The van der Waals surface area contributed by atoms with Crippen LogP contribution in [0.25, 0.3) is 0 Å². The number of methoxy groups -OCH3 is 1. The Bertz CT molecular complexity index is 1570. The van der Waals surface area contributed by atoms with Gasteiger partial charge in [0.15, 0.2) is 6.29 Å². The molecule has 3 fully saturated rings. The van der Waals surface area contributed by atoms with Crippen LogP contribution >= 0.6 is 0 Å². The Kier molecular flexibility index (Phi) is 11.4. The molecule has 3 heterocycles. The van der Waals surface area contributed by atoms with Crippen LogP contribution in [0.15, 0.2) is 78.9 Å². The normalized spacial score (nSPS) is 25.9. The Morgan fingerprint density at radius 3 is 2.37 bits per heavy atom. The lowest BCUT2D eigenvalue weighted by atomic mass is 9.90. The van der Waals surface area contributed by atoms with Crippen LogP contribution in [-0.2, 0) is 48.3 Å². The summed E-state index contributed by atoms with van der Waals surface area (Å²) in [6.07, 6.45) is 0.378. The Labute approximate surface area is 287 Å². The lowest BCUT2D eigenvalue weighted by Crippen LogP contribution is -2.46.